The number of hydrogen-bond acceptors (Lipinski definition) is 2. The normalized spacial score (nSPS) is 25.8. The number of aliphatic carboxylic acids is 1. The first kappa shape index (κ1) is 11.9. The first-order valence-corrected chi connectivity index (χ1v) is 6.71. The fourth-order valence-electron chi connectivity index (χ4n) is 3.10. The summed E-state index contributed by atoms with van der Waals surface area (Å²) in [5.74, 6) is 0.204. The maximum atomic E-state index is 10.8. The van der Waals surface area contributed by atoms with Gasteiger partial charge in [0.05, 0.1) is 5.92 Å². The van der Waals surface area contributed by atoms with Gasteiger partial charge in [0.15, 0.2) is 0 Å². The highest BCUT2D eigenvalue weighted by atomic mass is 16.4. The highest BCUT2D eigenvalue weighted by molar-refractivity contribution is 5.70. The van der Waals surface area contributed by atoms with Crippen molar-refractivity contribution < 1.29 is 9.90 Å². The van der Waals surface area contributed by atoms with Gasteiger partial charge < -0.3 is 10.0 Å². The standard InChI is InChI=1S/C13H23NO2/c15-13(16)12-6-8-14(9-7-12)10-11-4-2-1-3-5-11/h11-12H,1-10H2,(H,15,16). The Bertz CT molecular complexity index is 228. The first-order valence-electron chi connectivity index (χ1n) is 6.71. The predicted octanol–water partition coefficient (Wildman–Crippen LogP) is 2.36. The van der Waals surface area contributed by atoms with Crippen LogP contribution in [-0.4, -0.2) is 35.6 Å². The van der Waals surface area contributed by atoms with E-state index in [1.807, 2.05) is 0 Å². The Balaban J connectivity index is 1.70. The lowest BCUT2D eigenvalue weighted by atomic mass is 9.88. The van der Waals surface area contributed by atoms with Crippen LogP contribution in [0.4, 0.5) is 0 Å². The molecule has 0 aromatic rings. The molecule has 0 bridgehead atoms. The molecular weight excluding hydrogens is 202 g/mol. The summed E-state index contributed by atoms with van der Waals surface area (Å²) in [4.78, 5) is 13.3. The number of carbonyl (C=O) groups is 1. The topological polar surface area (TPSA) is 40.5 Å². The molecule has 1 saturated heterocycles. The molecule has 3 heteroatoms. The van der Waals surface area contributed by atoms with Gasteiger partial charge >= 0.3 is 5.97 Å². The van der Waals surface area contributed by atoms with Crippen molar-refractivity contribution in [3.05, 3.63) is 0 Å². The van der Waals surface area contributed by atoms with Gasteiger partial charge in [0.2, 0.25) is 0 Å². The molecule has 0 aromatic heterocycles. The highest BCUT2D eigenvalue weighted by Gasteiger charge is 2.26. The molecule has 1 heterocycles. The van der Waals surface area contributed by atoms with E-state index >= 15 is 0 Å². The average Bonchev–Trinajstić information content (AvgIpc) is 2.31. The average molecular weight is 225 g/mol. The van der Waals surface area contributed by atoms with E-state index in [4.69, 9.17) is 5.11 Å². The third-order valence-electron chi connectivity index (χ3n) is 4.18. The fourth-order valence-corrected chi connectivity index (χ4v) is 3.10. The van der Waals surface area contributed by atoms with Crippen LogP contribution >= 0.6 is 0 Å². The quantitative estimate of drug-likeness (QED) is 0.801. The van der Waals surface area contributed by atoms with Crippen molar-refractivity contribution in [3.63, 3.8) is 0 Å². The van der Waals surface area contributed by atoms with Gasteiger partial charge in [0.25, 0.3) is 0 Å². The third kappa shape index (κ3) is 3.21. The number of nitrogens with zero attached hydrogens (tertiary/aromatic N) is 1. The zero-order chi connectivity index (χ0) is 11.4. The molecule has 2 rings (SSSR count). The smallest absolute Gasteiger partial charge is 0.306 e. The SMILES string of the molecule is O=C(O)C1CCN(CC2CCCCC2)CC1. The molecule has 3 nitrogen and oxygen atoms in total. The molecule has 0 amide bonds. The zero-order valence-electron chi connectivity index (χ0n) is 10.0. The van der Waals surface area contributed by atoms with Crippen LogP contribution in [-0.2, 0) is 4.79 Å². The summed E-state index contributed by atoms with van der Waals surface area (Å²) in [5, 5.41) is 8.93. The second-order valence-corrected chi connectivity index (χ2v) is 5.42. The molecule has 0 atom stereocenters. The van der Waals surface area contributed by atoms with E-state index in [0.717, 1.165) is 31.8 Å². The molecule has 0 spiro atoms. The van der Waals surface area contributed by atoms with Gasteiger partial charge in [0, 0.05) is 6.54 Å². The van der Waals surface area contributed by atoms with E-state index in [1.165, 1.54) is 38.6 Å². The van der Waals surface area contributed by atoms with E-state index < -0.39 is 5.97 Å². The molecular formula is C13H23NO2. The minimum atomic E-state index is -0.600. The largest absolute Gasteiger partial charge is 0.481 e. The van der Waals surface area contributed by atoms with Crippen LogP contribution in [0.25, 0.3) is 0 Å². The fraction of sp³-hybridized carbons (Fsp3) is 0.923. The molecule has 92 valence electrons. The molecule has 1 aliphatic heterocycles. The Morgan fingerprint density at radius 1 is 1.06 bits per heavy atom. The number of likely N-dealkylation sites (tertiary alicyclic amines) is 1. The second kappa shape index (κ2) is 5.67. The Kier molecular flexibility index (Phi) is 4.22. The van der Waals surface area contributed by atoms with Crippen LogP contribution in [0.3, 0.4) is 0 Å². The summed E-state index contributed by atoms with van der Waals surface area (Å²) in [7, 11) is 0. The van der Waals surface area contributed by atoms with Crippen molar-refractivity contribution in [3.8, 4) is 0 Å². The summed E-state index contributed by atoms with van der Waals surface area (Å²) in [6.07, 6.45) is 8.69. The van der Waals surface area contributed by atoms with E-state index in [2.05, 4.69) is 4.90 Å². The minimum Gasteiger partial charge on any atom is -0.481 e. The van der Waals surface area contributed by atoms with Crippen molar-refractivity contribution in [2.75, 3.05) is 19.6 Å². The monoisotopic (exact) mass is 225 g/mol. The molecule has 0 unspecified atom stereocenters. The van der Waals surface area contributed by atoms with Crippen LogP contribution in [0.2, 0.25) is 0 Å². The van der Waals surface area contributed by atoms with E-state index in [1.54, 1.807) is 0 Å². The van der Waals surface area contributed by atoms with Gasteiger partial charge in [-0.25, -0.2) is 0 Å². The number of piperidine rings is 1. The van der Waals surface area contributed by atoms with Gasteiger partial charge in [-0.2, -0.15) is 0 Å². The van der Waals surface area contributed by atoms with E-state index in [0.29, 0.717) is 0 Å². The van der Waals surface area contributed by atoms with Gasteiger partial charge in [-0.3, -0.25) is 4.79 Å². The molecule has 2 aliphatic rings. The molecule has 0 aromatic carbocycles. The van der Waals surface area contributed by atoms with Crippen molar-refractivity contribution in [2.24, 2.45) is 11.8 Å². The summed E-state index contributed by atoms with van der Waals surface area (Å²) in [6, 6.07) is 0. The summed E-state index contributed by atoms with van der Waals surface area (Å²) in [5.41, 5.74) is 0. The third-order valence-corrected chi connectivity index (χ3v) is 4.18. The van der Waals surface area contributed by atoms with Crippen LogP contribution in [0.5, 0.6) is 0 Å². The maximum absolute atomic E-state index is 10.8. The predicted molar refractivity (Wildman–Crippen MR) is 63.4 cm³/mol. The molecule has 1 N–H and O–H groups in total. The van der Waals surface area contributed by atoms with Gasteiger partial charge in [-0.05, 0) is 44.7 Å². The van der Waals surface area contributed by atoms with Crippen molar-refractivity contribution >= 4 is 5.97 Å². The molecule has 1 aliphatic carbocycles. The number of rotatable bonds is 3. The summed E-state index contributed by atoms with van der Waals surface area (Å²) < 4.78 is 0. The second-order valence-electron chi connectivity index (χ2n) is 5.42. The van der Waals surface area contributed by atoms with Crippen LogP contribution < -0.4 is 0 Å². The lowest BCUT2D eigenvalue weighted by molar-refractivity contribution is -0.143. The Morgan fingerprint density at radius 3 is 2.25 bits per heavy atom. The molecule has 2 fully saturated rings. The van der Waals surface area contributed by atoms with Crippen molar-refractivity contribution in [1.82, 2.24) is 4.90 Å². The first-order chi connectivity index (χ1) is 7.75. The molecule has 1 saturated carbocycles. The molecule has 0 radical (unpaired) electrons. The minimum absolute atomic E-state index is 0.0809. The maximum Gasteiger partial charge on any atom is 0.306 e. The van der Waals surface area contributed by atoms with Crippen molar-refractivity contribution in [1.29, 1.82) is 0 Å². The zero-order valence-corrected chi connectivity index (χ0v) is 10.0. The van der Waals surface area contributed by atoms with Crippen LogP contribution in [0.1, 0.15) is 44.9 Å². The van der Waals surface area contributed by atoms with Crippen molar-refractivity contribution in [2.45, 2.75) is 44.9 Å². The Hall–Kier alpha value is -0.570. The van der Waals surface area contributed by atoms with E-state index in [-0.39, 0.29) is 5.92 Å². The van der Waals surface area contributed by atoms with Crippen LogP contribution in [0.15, 0.2) is 0 Å². The molecule has 16 heavy (non-hydrogen) atoms. The highest BCUT2D eigenvalue weighted by Crippen LogP contribution is 2.26. The van der Waals surface area contributed by atoms with Gasteiger partial charge in [-0.1, -0.05) is 19.3 Å². The lowest BCUT2D eigenvalue weighted by Crippen LogP contribution is -2.39. The number of carboxylic acid groups (broad SMARTS) is 1. The lowest BCUT2D eigenvalue weighted by Gasteiger charge is -2.34. The van der Waals surface area contributed by atoms with Gasteiger partial charge in [0.1, 0.15) is 0 Å². The Morgan fingerprint density at radius 2 is 1.69 bits per heavy atom. The summed E-state index contributed by atoms with van der Waals surface area (Å²) in [6.45, 7) is 3.20. The van der Waals surface area contributed by atoms with E-state index in [9.17, 15) is 4.79 Å². The van der Waals surface area contributed by atoms with Crippen LogP contribution in [0, 0.1) is 11.8 Å². The number of carboxylic acids is 1. The number of hydrogen-bond donors (Lipinski definition) is 1. The van der Waals surface area contributed by atoms with Gasteiger partial charge in [-0.15, -0.1) is 0 Å². The summed E-state index contributed by atoms with van der Waals surface area (Å²) >= 11 is 0. The Labute approximate surface area is 97.8 Å².